The SMILES string of the molecule is COC(=O)c1ccc2nc(NC(=O)c3cc(Cl)c(OC)c(Cl)c3)sc2c1. The minimum absolute atomic E-state index is 0.233. The second-order valence-corrected chi connectivity index (χ2v) is 6.97. The van der Waals surface area contributed by atoms with E-state index in [1.165, 1.54) is 37.7 Å². The van der Waals surface area contributed by atoms with E-state index in [0.29, 0.717) is 22.0 Å². The van der Waals surface area contributed by atoms with E-state index < -0.39 is 11.9 Å². The predicted molar refractivity (Wildman–Crippen MR) is 102 cm³/mol. The fraction of sp³-hybridized carbons (Fsp3) is 0.118. The first-order valence-corrected chi connectivity index (χ1v) is 8.83. The molecular weight excluding hydrogens is 399 g/mol. The van der Waals surface area contributed by atoms with Crippen molar-refractivity contribution in [1.82, 2.24) is 4.98 Å². The number of esters is 1. The highest BCUT2D eigenvalue weighted by Gasteiger charge is 2.16. The number of carbonyl (C=O) groups excluding carboxylic acids is 2. The van der Waals surface area contributed by atoms with E-state index in [1.54, 1.807) is 18.2 Å². The zero-order valence-electron chi connectivity index (χ0n) is 13.6. The van der Waals surface area contributed by atoms with Gasteiger partial charge in [0.05, 0.1) is 40.0 Å². The number of nitrogens with one attached hydrogen (secondary N) is 1. The summed E-state index contributed by atoms with van der Waals surface area (Å²) in [5.74, 6) is -0.544. The summed E-state index contributed by atoms with van der Waals surface area (Å²) >= 11 is 13.4. The molecule has 1 heterocycles. The van der Waals surface area contributed by atoms with Crippen LogP contribution in [0.25, 0.3) is 10.2 Å². The Morgan fingerprint density at radius 2 is 1.77 bits per heavy atom. The molecule has 0 unspecified atom stereocenters. The van der Waals surface area contributed by atoms with Gasteiger partial charge >= 0.3 is 5.97 Å². The summed E-state index contributed by atoms with van der Waals surface area (Å²) in [5.41, 5.74) is 1.34. The Hall–Kier alpha value is -2.35. The number of benzene rings is 2. The van der Waals surface area contributed by atoms with Gasteiger partial charge in [-0.25, -0.2) is 9.78 Å². The Morgan fingerprint density at radius 3 is 2.38 bits per heavy atom. The first-order chi connectivity index (χ1) is 12.4. The van der Waals surface area contributed by atoms with Gasteiger partial charge in [-0.2, -0.15) is 0 Å². The van der Waals surface area contributed by atoms with Crippen molar-refractivity contribution >= 4 is 61.8 Å². The number of aromatic nitrogens is 1. The maximum absolute atomic E-state index is 12.4. The van der Waals surface area contributed by atoms with Crippen LogP contribution in [0.3, 0.4) is 0 Å². The van der Waals surface area contributed by atoms with Crippen LogP contribution in [0.5, 0.6) is 5.75 Å². The van der Waals surface area contributed by atoms with E-state index >= 15 is 0 Å². The monoisotopic (exact) mass is 410 g/mol. The minimum atomic E-state index is -0.437. The lowest BCUT2D eigenvalue weighted by Gasteiger charge is -2.08. The number of methoxy groups -OCH3 is 2. The van der Waals surface area contributed by atoms with E-state index in [-0.39, 0.29) is 15.6 Å². The molecule has 0 aliphatic rings. The molecule has 0 aliphatic heterocycles. The zero-order chi connectivity index (χ0) is 18.8. The van der Waals surface area contributed by atoms with Crippen molar-refractivity contribution in [2.75, 3.05) is 19.5 Å². The highest BCUT2D eigenvalue weighted by atomic mass is 35.5. The number of halogens is 2. The van der Waals surface area contributed by atoms with Crippen LogP contribution < -0.4 is 10.1 Å². The van der Waals surface area contributed by atoms with E-state index in [0.717, 1.165) is 4.70 Å². The van der Waals surface area contributed by atoms with Gasteiger partial charge < -0.3 is 9.47 Å². The van der Waals surface area contributed by atoms with Gasteiger partial charge in [0.25, 0.3) is 5.91 Å². The second kappa shape index (κ2) is 7.49. The van der Waals surface area contributed by atoms with Crippen LogP contribution in [0.2, 0.25) is 10.0 Å². The molecule has 3 rings (SSSR count). The number of hydrogen-bond acceptors (Lipinski definition) is 6. The molecule has 26 heavy (non-hydrogen) atoms. The largest absolute Gasteiger partial charge is 0.494 e. The molecule has 0 atom stereocenters. The summed E-state index contributed by atoms with van der Waals surface area (Å²) in [6.45, 7) is 0. The molecule has 3 aromatic rings. The van der Waals surface area contributed by atoms with Crippen molar-refractivity contribution < 1.29 is 19.1 Å². The van der Waals surface area contributed by atoms with E-state index in [4.69, 9.17) is 32.7 Å². The molecule has 0 bridgehead atoms. The van der Waals surface area contributed by atoms with E-state index in [1.807, 2.05) is 0 Å². The third-order valence-corrected chi connectivity index (χ3v) is 4.99. The zero-order valence-corrected chi connectivity index (χ0v) is 16.0. The molecule has 0 saturated heterocycles. The van der Waals surface area contributed by atoms with Gasteiger partial charge in [-0.1, -0.05) is 34.5 Å². The first kappa shape index (κ1) is 18.4. The van der Waals surface area contributed by atoms with Crippen LogP contribution in [0.1, 0.15) is 20.7 Å². The number of rotatable bonds is 4. The smallest absolute Gasteiger partial charge is 0.337 e. The molecule has 1 aromatic heterocycles. The quantitative estimate of drug-likeness (QED) is 0.633. The summed E-state index contributed by atoms with van der Waals surface area (Å²) in [6.07, 6.45) is 0. The standard InChI is InChI=1S/C17H12Cl2N2O4S/c1-24-14-10(18)5-9(6-11(14)19)15(22)21-17-20-12-4-3-8(16(23)25-2)7-13(12)26-17/h3-7H,1-2H3,(H,20,21,22). The Kier molecular flexibility index (Phi) is 5.31. The molecule has 134 valence electrons. The van der Waals surface area contributed by atoms with Crippen LogP contribution in [-0.2, 0) is 4.74 Å². The molecule has 0 aliphatic carbocycles. The normalized spacial score (nSPS) is 10.6. The van der Waals surface area contributed by atoms with Crippen molar-refractivity contribution in [1.29, 1.82) is 0 Å². The summed E-state index contributed by atoms with van der Waals surface area (Å²) < 4.78 is 10.5. The summed E-state index contributed by atoms with van der Waals surface area (Å²) in [5, 5.41) is 3.55. The lowest BCUT2D eigenvalue weighted by molar-refractivity contribution is 0.0601. The van der Waals surface area contributed by atoms with Gasteiger partial charge in [0.1, 0.15) is 0 Å². The third kappa shape index (κ3) is 3.60. The Balaban J connectivity index is 1.86. The fourth-order valence-corrected chi connectivity index (χ4v) is 3.82. The topological polar surface area (TPSA) is 77.5 Å². The summed E-state index contributed by atoms with van der Waals surface area (Å²) in [6, 6.07) is 7.89. The number of carbonyl (C=O) groups is 2. The van der Waals surface area contributed by atoms with Gasteiger partial charge in [-0.3, -0.25) is 10.1 Å². The van der Waals surface area contributed by atoms with Crippen LogP contribution in [0.4, 0.5) is 5.13 Å². The first-order valence-electron chi connectivity index (χ1n) is 7.26. The number of thiazole rings is 1. The number of ether oxygens (including phenoxy) is 2. The maximum atomic E-state index is 12.4. The van der Waals surface area contributed by atoms with Crippen molar-refractivity contribution in [3.63, 3.8) is 0 Å². The second-order valence-electron chi connectivity index (χ2n) is 5.12. The van der Waals surface area contributed by atoms with Crippen LogP contribution in [0.15, 0.2) is 30.3 Å². The predicted octanol–water partition coefficient (Wildman–Crippen LogP) is 4.65. The average molecular weight is 411 g/mol. The lowest BCUT2D eigenvalue weighted by atomic mass is 10.2. The molecule has 1 N–H and O–H groups in total. The maximum Gasteiger partial charge on any atom is 0.337 e. The van der Waals surface area contributed by atoms with Gasteiger partial charge in [0, 0.05) is 5.56 Å². The fourth-order valence-electron chi connectivity index (χ4n) is 2.28. The molecule has 2 aromatic carbocycles. The molecule has 0 saturated carbocycles. The Morgan fingerprint density at radius 1 is 1.08 bits per heavy atom. The van der Waals surface area contributed by atoms with Crippen molar-refractivity contribution in [3.05, 3.63) is 51.5 Å². The van der Waals surface area contributed by atoms with Crippen LogP contribution >= 0.6 is 34.5 Å². The highest BCUT2D eigenvalue weighted by molar-refractivity contribution is 7.22. The molecule has 9 heteroatoms. The molecule has 1 amide bonds. The number of hydrogen-bond donors (Lipinski definition) is 1. The lowest BCUT2D eigenvalue weighted by Crippen LogP contribution is -2.11. The average Bonchev–Trinajstić information content (AvgIpc) is 3.01. The van der Waals surface area contributed by atoms with E-state index in [2.05, 4.69) is 10.3 Å². The van der Waals surface area contributed by atoms with Crippen LogP contribution in [-0.4, -0.2) is 31.1 Å². The van der Waals surface area contributed by atoms with Gasteiger partial charge in [0.2, 0.25) is 0 Å². The number of fused-ring (bicyclic) bond motifs is 1. The number of amides is 1. The third-order valence-electron chi connectivity index (χ3n) is 3.49. The number of nitrogens with zero attached hydrogens (tertiary/aromatic N) is 1. The summed E-state index contributed by atoms with van der Waals surface area (Å²) in [4.78, 5) is 28.4. The van der Waals surface area contributed by atoms with Gasteiger partial charge in [0.15, 0.2) is 10.9 Å². The van der Waals surface area contributed by atoms with Gasteiger partial charge in [-0.15, -0.1) is 0 Å². The molecule has 0 fully saturated rings. The van der Waals surface area contributed by atoms with Crippen molar-refractivity contribution in [2.45, 2.75) is 0 Å². The van der Waals surface area contributed by atoms with Crippen molar-refractivity contribution in [3.8, 4) is 5.75 Å². The molecule has 6 nitrogen and oxygen atoms in total. The number of anilines is 1. The van der Waals surface area contributed by atoms with Crippen molar-refractivity contribution in [2.24, 2.45) is 0 Å². The molecule has 0 spiro atoms. The molecular formula is C17H12Cl2N2O4S. The summed E-state index contributed by atoms with van der Waals surface area (Å²) in [7, 11) is 2.76. The van der Waals surface area contributed by atoms with Crippen LogP contribution in [0, 0.1) is 0 Å². The van der Waals surface area contributed by atoms with Gasteiger partial charge in [-0.05, 0) is 30.3 Å². The Labute approximate surface area is 162 Å². The van der Waals surface area contributed by atoms with E-state index in [9.17, 15) is 9.59 Å². The minimum Gasteiger partial charge on any atom is -0.494 e. The Bertz CT molecular complexity index is 996. The molecule has 0 radical (unpaired) electrons. The highest BCUT2D eigenvalue weighted by Crippen LogP contribution is 2.34.